The van der Waals surface area contributed by atoms with E-state index >= 15 is 0 Å². The van der Waals surface area contributed by atoms with E-state index in [0.717, 1.165) is 64.7 Å². The lowest BCUT2D eigenvalue weighted by atomic mass is 10.1. The number of aromatic nitrogens is 2. The number of halogens is 1. The Labute approximate surface area is 156 Å². The summed E-state index contributed by atoms with van der Waals surface area (Å²) in [6.07, 6.45) is 4.23. The summed E-state index contributed by atoms with van der Waals surface area (Å²) < 4.78 is 12.6. The fourth-order valence-electron chi connectivity index (χ4n) is 3.18. The number of methoxy groups -OCH3 is 1. The van der Waals surface area contributed by atoms with Crippen molar-refractivity contribution in [3.05, 3.63) is 45.3 Å². The molecule has 1 N–H and O–H groups in total. The molecule has 0 amide bonds. The predicted molar refractivity (Wildman–Crippen MR) is 99.3 cm³/mol. The number of hydrogen-bond donors (Lipinski definition) is 1. The van der Waals surface area contributed by atoms with Crippen LogP contribution in [-0.2, 0) is 19.4 Å². The lowest BCUT2D eigenvalue weighted by Gasteiger charge is -2.15. The summed E-state index contributed by atoms with van der Waals surface area (Å²) in [5, 5.41) is 3.44. The van der Waals surface area contributed by atoms with Crippen molar-refractivity contribution in [2.24, 2.45) is 0 Å². The molecule has 1 fully saturated rings. The van der Waals surface area contributed by atoms with E-state index in [1.54, 1.807) is 7.11 Å². The molecule has 25 heavy (non-hydrogen) atoms. The zero-order valence-electron chi connectivity index (χ0n) is 14.3. The summed E-state index contributed by atoms with van der Waals surface area (Å²) in [6.45, 7) is 2.34. The van der Waals surface area contributed by atoms with E-state index in [1.165, 1.54) is 12.8 Å². The monoisotopic (exact) mass is 403 g/mol. The first-order chi connectivity index (χ1) is 12.2. The zero-order chi connectivity index (χ0) is 17.2. The number of fused-ring (bicyclic) bond motifs is 1. The lowest BCUT2D eigenvalue weighted by molar-refractivity contribution is 0.280. The van der Waals surface area contributed by atoms with Gasteiger partial charge in [0, 0.05) is 34.5 Å². The average molecular weight is 404 g/mol. The van der Waals surface area contributed by atoms with Gasteiger partial charge in [0.15, 0.2) is 0 Å². The minimum Gasteiger partial charge on any atom is -0.496 e. The molecule has 0 radical (unpaired) electrons. The molecule has 2 heterocycles. The number of rotatable bonds is 5. The van der Waals surface area contributed by atoms with Crippen molar-refractivity contribution in [3.63, 3.8) is 0 Å². The maximum absolute atomic E-state index is 6.18. The van der Waals surface area contributed by atoms with Gasteiger partial charge in [-0.1, -0.05) is 15.9 Å². The third kappa shape index (κ3) is 3.80. The molecule has 1 saturated carbocycles. The highest BCUT2D eigenvalue weighted by Gasteiger charge is 2.29. The third-order valence-corrected chi connectivity index (χ3v) is 5.21. The van der Waals surface area contributed by atoms with Gasteiger partial charge in [0.05, 0.1) is 12.8 Å². The van der Waals surface area contributed by atoms with Crippen molar-refractivity contribution in [1.82, 2.24) is 15.3 Å². The Bertz CT molecular complexity index is 778. The van der Waals surface area contributed by atoms with Gasteiger partial charge in [-0.25, -0.2) is 4.98 Å². The number of ether oxygens (including phenoxy) is 2. The molecule has 4 rings (SSSR count). The van der Waals surface area contributed by atoms with Gasteiger partial charge in [-0.05, 0) is 44.0 Å². The van der Waals surface area contributed by atoms with Crippen LogP contribution >= 0.6 is 15.9 Å². The van der Waals surface area contributed by atoms with E-state index in [-0.39, 0.29) is 0 Å². The Balaban J connectivity index is 1.63. The third-order valence-electron chi connectivity index (χ3n) is 4.71. The van der Waals surface area contributed by atoms with Gasteiger partial charge in [-0.3, -0.25) is 0 Å². The van der Waals surface area contributed by atoms with Crippen molar-refractivity contribution in [2.75, 3.05) is 20.2 Å². The Hall–Kier alpha value is -1.66. The normalized spacial score (nSPS) is 16.9. The van der Waals surface area contributed by atoms with E-state index in [1.807, 2.05) is 18.2 Å². The maximum Gasteiger partial charge on any atom is 0.220 e. The smallest absolute Gasteiger partial charge is 0.220 e. The highest BCUT2D eigenvalue weighted by Crippen LogP contribution is 2.39. The molecule has 1 aromatic carbocycles. The number of benzene rings is 1. The molecule has 0 bridgehead atoms. The van der Waals surface area contributed by atoms with Gasteiger partial charge in [-0.2, -0.15) is 4.98 Å². The summed E-state index contributed by atoms with van der Waals surface area (Å²) >= 11 is 3.52. The van der Waals surface area contributed by atoms with Crippen LogP contribution in [0.5, 0.6) is 11.6 Å². The molecule has 1 aliphatic carbocycles. The Kier molecular flexibility index (Phi) is 4.90. The molecule has 5 nitrogen and oxygen atoms in total. The number of nitrogens with zero attached hydrogens (tertiary/aromatic N) is 2. The molecule has 132 valence electrons. The highest BCUT2D eigenvalue weighted by atomic mass is 79.9. The van der Waals surface area contributed by atoms with Gasteiger partial charge in [0.2, 0.25) is 5.88 Å². The van der Waals surface area contributed by atoms with Gasteiger partial charge in [0.1, 0.15) is 18.2 Å². The van der Waals surface area contributed by atoms with Crippen LogP contribution in [0, 0.1) is 0 Å². The van der Waals surface area contributed by atoms with Crippen LogP contribution in [0.15, 0.2) is 22.7 Å². The predicted octanol–water partition coefficient (Wildman–Crippen LogP) is 3.39. The maximum atomic E-state index is 6.18. The zero-order valence-corrected chi connectivity index (χ0v) is 15.9. The molecule has 0 atom stereocenters. The summed E-state index contributed by atoms with van der Waals surface area (Å²) in [7, 11) is 1.68. The summed E-state index contributed by atoms with van der Waals surface area (Å²) in [5.74, 6) is 3.05. The molecule has 0 unspecified atom stereocenters. The van der Waals surface area contributed by atoms with Crippen molar-refractivity contribution >= 4 is 15.9 Å². The van der Waals surface area contributed by atoms with E-state index < -0.39 is 0 Å². The Morgan fingerprint density at radius 3 is 2.84 bits per heavy atom. The molecular weight excluding hydrogens is 382 g/mol. The second kappa shape index (κ2) is 7.30. The Morgan fingerprint density at radius 2 is 2.04 bits per heavy atom. The largest absolute Gasteiger partial charge is 0.496 e. The van der Waals surface area contributed by atoms with E-state index in [9.17, 15) is 0 Å². The first kappa shape index (κ1) is 16.8. The lowest BCUT2D eigenvalue weighted by Crippen LogP contribution is -2.16. The van der Waals surface area contributed by atoms with Gasteiger partial charge in [0.25, 0.3) is 0 Å². The fraction of sp³-hybridized carbons (Fsp3) is 0.474. The van der Waals surface area contributed by atoms with Crippen molar-refractivity contribution in [3.8, 4) is 11.6 Å². The topological polar surface area (TPSA) is 56.3 Å². The number of nitrogens with one attached hydrogen (secondary N) is 1. The molecule has 6 heteroatoms. The van der Waals surface area contributed by atoms with E-state index in [0.29, 0.717) is 12.5 Å². The molecule has 0 spiro atoms. The molecule has 2 aliphatic rings. The minimum absolute atomic E-state index is 0.434. The molecule has 2 aromatic rings. The minimum atomic E-state index is 0.434. The average Bonchev–Trinajstić information content (AvgIpc) is 3.46. The van der Waals surface area contributed by atoms with Crippen LogP contribution in [0.2, 0.25) is 0 Å². The van der Waals surface area contributed by atoms with Crippen LogP contribution < -0.4 is 14.8 Å². The van der Waals surface area contributed by atoms with Crippen molar-refractivity contribution in [1.29, 1.82) is 0 Å². The van der Waals surface area contributed by atoms with Gasteiger partial charge < -0.3 is 14.8 Å². The van der Waals surface area contributed by atoms with Crippen molar-refractivity contribution in [2.45, 2.75) is 38.2 Å². The van der Waals surface area contributed by atoms with Crippen molar-refractivity contribution < 1.29 is 9.47 Å². The van der Waals surface area contributed by atoms with Crippen LogP contribution in [0.25, 0.3) is 0 Å². The number of hydrogen-bond acceptors (Lipinski definition) is 5. The van der Waals surface area contributed by atoms with Crippen LogP contribution in [-0.4, -0.2) is 30.2 Å². The SMILES string of the molecule is COc1ccc(Br)cc1COc1nc(C2CC2)nc2c1CCNCC2. The van der Waals surface area contributed by atoms with Gasteiger partial charge in [-0.15, -0.1) is 0 Å². The molecule has 0 saturated heterocycles. The second-order valence-electron chi connectivity index (χ2n) is 6.58. The van der Waals surface area contributed by atoms with Crippen LogP contribution in [0.3, 0.4) is 0 Å². The molecular formula is C19H22BrN3O2. The molecule has 1 aliphatic heterocycles. The molecule has 1 aromatic heterocycles. The van der Waals surface area contributed by atoms with E-state index in [4.69, 9.17) is 19.4 Å². The second-order valence-corrected chi connectivity index (χ2v) is 7.50. The van der Waals surface area contributed by atoms with E-state index in [2.05, 4.69) is 21.2 Å². The quantitative estimate of drug-likeness (QED) is 0.828. The van der Waals surface area contributed by atoms with Crippen LogP contribution in [0.4, 0.5) is 0 Å². The summed E-state index contributed by atoms with van der Waals surface area (Å²) in [6, 6.07) is 5.95. The highest BCUT2D eigenvalue weighted by molar-refractivity contribution is 9.10. The standard InChI is InChI=1S/C19H22BrN3O2/c1-24-17-5-4-14(20)10-13(17)11-25-19-15-6-8-21-9-7-16(15)22-18(23-19)12-2-3-12/h4-5,10,12,21H,2-3,6-9,11H2,1H3. The Morgan fingerprint density at radius 1 is 1.20 bits per heavy atom. The van der Waals surface area contributed by atoms with Gasteiger partial charge >= 0.3 is 0 Å². The first-order valence-electron chi connectivity index (χ1n) is 8.80. The summed E-state index contributed by atoms with van der Waals surface area (Å²) in [4.78, 5) is 9.60. The first-order valence-corrected chi connectivity index (χ1v) is 9.59. The summed E-state index contributed by atoms with van der Waals surface area (Å²) in [5.41, 5.74) is 3.31. The van der Waals surface area contributed by atoms with Crippen LogP contribution in [0.1, 0.15) is 41.4 Å². The fourth-order valence-corrected chi connectivity index (χ4v) is 3.59.